The minimum absolute atomic E-state index is 0. The minimum atomic E-state index is -4.67. The van der Waals surface area contributed by atoms with Gasteiger partial charge in [-0.1, -0.05) is 0 Å². The minimum Gasteiger partial charge on any atom is -0.412 e. The summed E-state index contributed by atoms with van der Waals surface area (Å²) in [6.45, 7) is 0. The van der Waals surface area contributed by atoms with Crippen molar-refractivity contribution in [3.63, 3.8) is 0 Å². The van der Waals surface area contributed by atoms with Crippen LogP contribution in [0.4, 0.5) is 0 Å². The molecule has 12 nitrogen and oxygen atoms in total. The second-order valence-electron chi connectivity index (χ2n) is 0.448. The summed E-state index contributed by atoms with van der Waals surface area (Å²) in [7, 11) is -4.67. The van der Waals surface area contributed by atoms with E-state index in [0.717, 1.165) is 0 Å². The van der Waals surface area contributed by atoms with Gasteiger partial charge in [-0.2, -0.15) is 8.42 Å². The Morgan fingerprint density at radius 3 is 0.571 bits per heavy atom. The maximum absolute atomic E-state index is 8.74. The Bertz CT molecular complexity index is 93.5. The fourth-order valence-electron chi connectivity index (χ4n) is 0. The molecule has 0 spiro atoms. The van der Waals surface area contributed by atoms with Gasteiger partial charge in [0.25, 0.3) is 0 Å². The number of hydrogen-bond acceptors (Lipinski definition) is 2. The van der Waals surface area contributed by atoms with Crippen LogP contribution < -0.4 is 0 Å². The monoisotopic (exact) mass is 406 g/mol. The standard InChI is InChI=1S/Dy.H2O4S.8H2O/c;1-5(2,3)4;;;;;;;;/h;(H2,1,2,3,4);8*1H2. The summed E-state index contributed by atoms with van der Waals surface area (Å²) in [5.74, 6) is 0. The van der Waals surface area contributed by atoms with Gasteiger partial charge in [0.15, 0.2) is 0 Å². The van der Waals surface area contributed by atoms with Gasteiger partial charge in [-0.15, -0.1) is 0 Å². The van der Waals surface area contributed by atoms with Crippen LogP contribution in [0.5, 0.6) is 0 Å². The second kappa shape index (κ2) is 48.8. The molecule has 0 aliphatic heterocycles. The van der Waals surface area contributed by atoms with E-state index in [2.05, 4.69) is 0 Å². The summed E-state index contributed by atoms with van der Waals surface area (Å²) >= 11 is 0. The smallest absolute Gasteiger partial charge is 0.394 e. The first-order valence-electron chi connectivity index (χ1n) is 0.698. The van der Waals surface area contributed by atoms with E-state index < -0.39 is 10.4 Å². The Labute approximate surface area is 109 Å². The molecule has 14 heavy (non-hydrogen) atoms. The zero-order valence-electron chi connectivity index (χ0n) is 6.44. The summed E-state index contributed by atoms with van der Waals surface area (Å²) in [6, 6.07) is 0. The normalized spacial score (nSPS) is 4.14. The molecule has 0 aliphatic rings. The molecule has 0 fully saturated rings. The van der Waals surface area contributed by atoms with Gasteiger partial charge >= 0.3 is 10.4 Å². The summed E-state index contributed by atoms with van der Waals surface area (Å²) in [5.41, 5.74) is 0. The van der Waals surface area contributed by atoms with E-state index in [4.69, 9.17) is 17.5 Å². The van der Waals surface area contributed by atoms with Crippen LogP contribution in [0.2, 0.25) is 0 Å². The van der Waals surface area contributed by atoms with E-state index in [1.165, 1.54) is 0 Å². The van der Waals surface area contributed by atoms with Crippen molar-refractivity contribution in [3.05, 3.63) is 0 Å². The molecular formula is H18DyO12S. The average Bonchev–Trinajstić information content (AvgIpc) is 0.722. The van der Waals surface area contributed by atoms with E-state index in [-0.39, 0.29) is 82.0 Å². The van der Waals surface area contributed by atoms with Gasteiger partial charge in [-0.25, -0.2) is 0 Å². The van der Waals surface area contributed by atoms with Crippen LogP contribution in [0.15, 0.2) is 0 Å². The van der Waals surface area contributed by atoms with Crippen molar-refractivity contribution in [2.75, 3.05) is 0 Å². The van der Waals surface area contributed by atoms with Crippen LogP contribution >= 0.6 is 0 Å². The van der Waals surface area contributed by atoms with Crippen molar-refractivity contribution in [1.29, 1.82) is 0 Å². The molecule has 18 N–H and O–H groups in total. The third-order valence-corrected chi connectivity index (χ3v) is 0. The van der Waals surface area contributed by atoms with E-state index in [9.17, 15) is 0 Å². The second-order valence-corrected chi connectivity index (χ2v) is 1.34. The molecule has 0 aliphatic carbocycles. The van der Waals surface area contributed by atoms with Crippen LogP contribution in [0.3, 0.4) is 0 Å². The van der Waals surface area contributed by atoms with E-state index in [1.807, 2.05) is 0 Å². The van der Waals surface area contributed by atoms with Crippen LogP contribution in [-0.4, -0.2) is 61.3 Å². The Morgan fingerprint density at radius 1 is 0.571 bits per heavy atom. The largest absolute Gasteiger partial charge is 0.412 e. The summed E-state index contributed by atoms with van der Waals surface area (Å²) < 4.78 is 31.6. The molecule has 0 aromatic rings. The van der Waals surface area contributed by atoms with Gasteiger partial charge in [0.2, 0.25) is 0 Å². The number of hydrogen-bond donors (Lipinski definition) is 2. The maximum atomic E-state index is 8.74. The molecule has 0 saturated carbocycles. The van der Waals surface area contributed by atoms with Crippen molar-refractivity contribution in [2.24, 2.45) is 0 Å². The van der Waals surface area contributed by atoms with Gasteiger partial charge in [0, 0.05) is 38.2 Å². The molecule has 0 aromatic heterocycles. The van der Waals surface area contributed by atoms with Crippen LogP contribution in [0.25, 0.3) is 0 Å². The quantitative estimate of drug-likeness (QED) is 0.371. The zero-order valence-corrected chi connectivity index (χ0v) is 9.28. The Balaban J connectivity index is -0.00000000222. The fraction of sp³-hybridized carbons (Fsp3) is 0. The first kappa shape index (κ1) is 122. The molecule has 0 bridgehead atoms. The summed E-state index contributed by atoms with van der Waals surface area (Å²) in [4.78, 5) is 0. The third-order valence-electron chi connectivity index (χ3n) is 0. The molecule has 0 atom stereocenters. The molecule has 0 rings (SSSR count). The van der Waals surface area contributed by atoms with Gasteiger partial charge in [-0.05, 0) is 0 Å². The molecule has 0 heterocycles. The molecule has 0 aromatic carbocycles. The van der Waals surface area contributed by atoms with Crippen molar-refractivity contribution in [1.82, 2.24) is 0 Å². The maximum Gasteiger partial charge on any atom is 0.394 e. The van der Waals surface area contributed by atoms with Crippen molar-refractivity contribution >= 4 is 10.4 Å². The van der Waals surface area contributed by atoms with E-state index in [0.29, 0.717) is 0 Å². The molecular weight excluding hydrogens is 387 g/mol. The topological polar surface area (TPSA) is 327 Å². The van der Waals surface area contributed by atoms with Crippen LogP contribution in [0.1, 0.15) is 0 Å². The van der Waals surface area contributed by atoms with Gasteiger partial charge in [0.1, 0.15) is 0 Å². The predicted molar refractivity (Wildman–Crippen MR) is 43.1 cm³/mol. The summed E-state index contributed by atoms with van der Waals surface area (Å²) in [6.07, 6.45) is 0. The van der Waals surface area contributed by atoms with Gasteiger partial charge < -0.3 is 43.8 Å². The molecule has 106 valence electrons. The van der Waals surface area contributed by atoms with Crippen molar-refractivity contribution in [3.8, 4) is 0 Å². The Morgan fingerprint density at radius 2 is 0.571 bits per heavy atom. The third kappa shape index (κ3) is 2650. The van der Waals surface area contributed by atoms with Crippen LogP contribution in [-0.2, 0) is 10.4 Å². The average molecular weight is 405 g/mol. The van der Waals surface area contributed by atoms with Gasteiger partial charge in [0.05, 0.1) is 0 Å². The summed E-state index contributed by atoms with van der Waals surface area (Å²) in [5, 5.41) is 0. The molecule has 0 amide bonds. The van der Waals surface area contributed by atoms with Crippen LogP contribution in [0, 0.1) is 38.2 Å². The van der Waals surface area contributed by atoms with Gasteiger partial charge in [-0.3, -0.25) is 9.11 Å². The fourth-order valence-corrected chi connectivity index (χ4v) is 0. The Kier molecular flexibility index (Phi) is 425. The molecule has 0 unspecified atom stereocenters. The SMILES string of the molecule is O.O.O.O.O.O.O.O.O=S(=O)(O)O.[Dy]. The molecule has 14 heteroatoms. The van der Waals surface area contributed by atoms with E-state index >= 15 is 0 Å². The van der Waals surface area contributed by atoms with E-state index in [1.54, 1.807) is 0 Å². The first-order valence-corrected chi connectivity index (χ1v) is 2.10. The van der Waals surface area contributed by atoms with Crippen molar-refractivity contribution in [2.45, 2.75) is 0 Å². The first-order chi connectivity index (χ1) is 2.00. The Hall–Kier alpha value is 0.823. The zero-order chi connectivity index (χ0) is 4.50. The molecule has 0 saturated heterocycles. The van der Waals surface area contributed by atoms with Crippen molar-refractivity contribution < 1.29 is 99.5 Å². The molecule has 0 radical (unpaired) electrons. The number of rotatable bonds is 0. The predicted octanol–water partition coefficient (Wildman–Crippen LogP) is -7.25.